The molecule has 0 aliphatic heterocycles. The maximum atomic E-state index is 12.8. The molecule has 120 valence electrons. The molecule has 0 spiro atoms. The Kier molecular flexibility index (Phi) is 6.33. The summed E-state index contributed by atoms with van der Waals surface area (Å²) in [6.07, 6.45) is 4.91. The van der Waals surface area contributed by atoms with E-state index in [0.717, 1.165) is 6.42 Å². The first-order valence-electron chi connectivity index (χ1n) is 7.43. The minimum Gasteiger partial charge on any atom is -0.358 e. The van der Waals surface area contributed by atoms with Crippen molar-refractivity contribution >= 4 is 40.3 Å². The molecular weight excluding hydrogens is 319 g/mol. The van der Waals surface area contributed by atoms with E-state index in [2.05, 4.69) is 28.4 Å². The number of hydrogen-bond acceptors (Lipinski definition) is 2. The van der Waals surface area contributed by atoms with Gasteiger partial charge in [-0.15, -0.1) is 0 Å². The third-order valence-electron chi connectivity index (χ3n) is 3.82. The van der Waals surface area contributed by atoms with Crippen molar-refractivity contribution in [2.45, 2.75) is 38.6 Å². The van der Waals surface area contributed by atoms with Gasteiger partial charge in [-0.25, -0.2) is 4.39 Å². The lowest BCUT2D eigenvalue weighted by molar-refractivity contribution is 0.308. The second-order valence-electron chi connectivity index (χ2n) is 5.55. The monoisotopic (exact) mass is 340 g/mol. The zero-order valence-electron chi connectivity index (χ0n) is 12.5. The summed E-state index contributed by atoms with van der Waals surface area (Å²) in [6.45, 7) is 2.24. The molecule has 1 fully saturated rings. The lowest BCUT2D eigenvalue weighted by atomic mass is 9.86. The van der Waals surface area contributed by atoms with E-state index in [-0.39, 0.29) is 5.82 Å². The van der Waals surface area contributed by atoms with Crippen molar-refractivity contribution in [2.24, 2.45) is 5.92 Å². The van der Waals surface area contributed by atoms with Gasteiger partial charge in [0.25, 0.3) is 0 Å². The maximum Gasteiger partial charge on any atom is 0.189 e. The number of nitrogens with one attached hydrogen (secondary N) is 4. The van der Waals surface area contributed by atoms with Gasteiger partial charge in [0.2, 0.25) is 0 Å². The van der Waals surface area contributed by atoms with Gasteiger partial charge in [0.15, 0.2) is 10.2 Å². The number of halogens is 1. The number of benzene rings is 1. The number of anilines is 1. The molecule has 0 radical (unpaired) electrons. The van der Waals surface area contributed by atoms with Crippen molar-refractivity contribution in [2.75, 3.05) is 5.32 Å². The third-order valence-corrected chi connectivity index (χ3v) is 4.24. The lowest BCUT2D eigenvalue weighted by Gasteiger charge is -2.30. The van der Waals surface area contributed by atoms with Gasteiger partial charge in [-0.2, -0.15) is 0 Å². The molecule has 0 amide bonds. The first kappa shape index (κ1) is 16.9. The quantitative estimate of drug-likeness (QED) is 0.490. The fraction of sp³-hybridized carbons (Fsp3) is 0.467. The third kappa shape index (κ3) is 5.38. The largest absolute Gasteiger partial charge is 0.358 e. The maximum absolute atomic E-state index is 12.8. The first-order valence-corrected chi connectivity index (χ1v) is 8.25. The van der Waals surface area contributed by atoms with Crippen LogP contribution in [0.1, 0.15) is 32.6 Å². The molecule has 1 aromatic rings. The Hall–Kier alpha value is -1.47. The summed E-state index contributed by atoms with van der Waals surface area (Å²) < 4.78 is 12.8. The second kappa shape index (κ2) is 8.24. The molecule has 0 bridgehead atoms. The minimum atomic E-state index is -0.283. The first-order chi connectivity index (χ1) is 10.5. The molecule has 4 nitrogen and oxygen atoms in total. The average molecular weight is 340 g/mol. The fourth-order valence-electron chi connectivity index (χ4n) is 2.54. The normalized spacial score (nSPS) is 20.8. The van der Waals surface area contributed by atoms with E-state index in [0.29, 0.717) is 27.9 Å². The molecular formula is C15H21FN4S2. The summed E-state index contributed by atoms with van der Waals surface area (Å²) in [5.41, 5.74) is 6.41. The molecule has 0 saturated heterocycles. The van der Waals surface area contributed by atoms with E-state index in [1.54, 1.807) is 12.1 Å². The van der Waals surface area contributed by atoms with Crippen LogP contribution in [0.3, 0.4) is 0 Å². The highest BCUT2D eigenvalue weighted by atomic mass is 32.1. The van der Waals surface area contributed by atoms with Crippen molar-refractivity contribution in [3.05, 3.63) is 30.1 Å². The van der Waals surface area contributed by atoms with Crippen LogP contribution in [0, 0.1) is 11.7 Å². The number of hydrogen-bond donors (Lipinski definition) is 4. The molecule has 0 aromatic heterocycles. The molecule has 1 aliphatic rings. The summed E-state index contributed by atoms with van der Waals surface area (Å²) in [6, 6.07) is 6.38. The van der Waals surface area contributed by atoms with Crippen LogP contribution in [0.4, 0.5) is 10.1 Å². The topological polar surface area (TPSA) is 48.1 Å². The Morgan fingerprint density at radius 1 is 1.05 bits per heavy atom. The SMILES string of the molecule is C[C@@H]1CCCC[C@H]1NC(=S)NNC(=S)Nc1ccc(F)cc1. The van der Waals surface area contributed by atoms with E-state index < -0.39 is 0 Å². The van der Waals surface area contributed by atoms with E-state index in [4.69, 9.17) is 24.4 Å². The van der Waals surface area contributed by atoms with Crippen LogP contribution in [0.15, 0.2) is 24.3 Å². The fourth-order valence-corrected chi connectivity index (χ4v) is 2.92. The number of rotatable bonds is 2. The standard InChI is InChI=1S/C15H21FN4S2/c1-10-4-2-3-5-13(10)18-15(22)20-19-14(21)17-12-8-6-11(16)7-9-12/h6-10,13H,2-5H2,1H3,(H2,17,19,21)(H2,18,20,22)/t10-,13-/m1/s1. The van der Waals surface area contributed by atoms with Crippen molar-refractivity contribution in [3.8, 4) is 0 Å². The molecule has 1 aromatic carbocycles. The molecule has 22 heavy (non-hydrogen) atoms. The van der Waals surface area contributed by atoms with Crippen LogP contribution in [0.2, 0.25) is 0 Å². The Morgan fingerprint density at radius 3 is 2.36 bits per heavy atom. The van der Waals surface area contributed by atoms with E-state index in [9.17, 15) is 4.39 Å². The Labute approximate surface area is 141 Å². The zero-order valence-corrected chi connectivity index (χ0v) is 14.1. The highest BCUT2D eigenvalue weighted by Crippen LogP contribution is 2.23. The highest BCUT2D eigenvalue weighted by molar-refractivity contribution is 7.80. The van der Waals surface area contributed by atoms with Crippen molar-refractivity contribution in [1.29, 1.82) is 0 Å². The summed E-state index contributed by atoms with van der Waals surface area (Å²) in [5.74, 6) is 0.340. The van der Waals surface area contributed by atoms with Crippen LogP contribution >= 0.6 is 24.4 Å². The smallest absolute Gasteiger partial charge is 0.189 e. The number of hydrazine groups is 1. The van der Waals surface area contributed by atoms with Crippen molar-refractivity contribution in [1.82, 2.24) is 16.2 Å². The van der Waals surface area contributed by atoms with E-state index in [1.807, 2.05) is 0 Å². The molecule has 1 saturated carbocycles. The highest BCUT2D eigenvalue weighted by Gasteiger charge is 2.21. The number of thiocarbonyl (C=S) groups is 2. The van der Waals surface area contributed by atoms with Crippen molar-refractivity contribution in [3.63, 3.8) is 0 Å². The summed E-state index contributed by atoms with van der Waals surface area (Å²) in [4.78, 5) is 0. The predicted octanol–water partition coefficient (Wildman–Crippen LogP) is 3.07. The Balaban J connectivity index is 1.71. The molecule has 0 unspecified atom stereocenters. The van der Waals surface area contributed by atoms with Gasteiger partial charge >= 0.3 is 0 Å². The van der Waals surface area contributed by atoms with Crippen LogP contribution in [0.5, 0.6) is 0 Å². The molecule has 7 heteroatoms. The van der Waals surface area contributed by atoms with Gasteiger partial charge in [0.05, 0.1) is 0 Å². The van der Waals surface area contributed by atoms with E-state index >= 15 is 0 Å². The van der Waals surface area contributed by atoms with Gasteiger partial charge in [-0.1, -0.05) is 19.8 Å². The van der Waals surface area contributed by atoms with Gasteiger partial charge in [0.1, 0.15) is 5.82 Å². The zero-order chi connectivity index (χ0) is 15.9. The minimum absolute atomic E-state index is 0.283. The van der Waals surface area contributed by atoms with Gasteiger partial charge in [-0.05, 0) is 67.5 Å². The van der Waals surface area contributed by atoms with Crippen molar-refractivity contribution < 1.29 is 4.39 Å². The van der Waals surface area contributed by atoms with E-state index in [1.165, 1.54) is 31.4 Å². The summed E-state index contributed by atoms with van der Waals surface area (Å²) in [5, 5.41) is 7.15. The van der Waals surface area contributed by atoms with Gasteiger partial charge in [0, 0.05) is 11.7 Å². The summed E-state index contributed by atoms with van der Waals surface area (Å²) in [7, 11) is 0. The second-order valence-corrected chi connectivity index (χ2v) is 6.37. The lowest BCUT2D eigenvalue weighted by Crippen LogP contribution is -2.52. The van der Waals surface area contributed by atoms with Crippen LogP contribution in [-0.2, 0) is 0 Å². The van der Waals surface area contributed by atoms with Gasteiger partial charge in [-0.3, -0.25) is 10.9 Å². The van der Waals surface area contributed by atoms with Gasteiger partial charge < -0.3 is 10.6 Å². The summed E-state index contributed by atoms with van der Waals surface area (Å²) >= 11 is 10.4. The van der Waals surface area contributed by atoms with Crippen LogP contribution in [0.25, 0.3) is 0 Å². The molecule has 2 atom stereocenters. The predicted molar refractivity (Wildman–Crippen MR) is 96.0 cm³/mol. The molecule has 0 heterocycles. The molecule has 2 rings (SSSR count). The molecule has 1 aliphatic carbocycles. The Morgan fingerprint density at radius 2 is 1.68 bits per heavy atom. The molecule has 4 N–H and O–H groups in total. The van der Waals surface area contributed by atoms with Crippen LogP contribution in [-0.4, -0.2) is 16.3 Å². The Bertz CT molecular complexity index is 521. The average Bonchev–Trinajstić information content (AvgIpc) is 2.50. The van der Waals surface area contributed by atoms with Crippen LogP contribution < -0.4 is 21.5 Å².